The van der Waals surface area contributed by atoms with Crippen LogP contribution < -0.4 is 15.6 Å². The Labute approximate surface area is 228 Å². The molecule has 1 fully saturated rings. The molecule has 38 heavy (non-hydrogen) atoms. The molecule has 0 aliphatic carbocycles. The molecular weight excluding hydrogens is 524 g/mol. The zero-order chi connectivity index (χ0) is 26.8. The van der Waals surface area contributed by atoms with Crippen LogP contribution in [0, 0.1) is 12.8 Å². The van der Waals surface area contributed by atoms with Crippen LogP contribution in [0.4, 0.5) is 5.69 Å². The predicted octanol–water partition coefficient (Wildman–Crippen LogP) is 5.72. The number of carbonyl (C=O) groups is 2. The van der Waals surface area contributed by atoms with Gasteiger partial charge in [-0.15, -0.1) is 11.3 Å². The largest absolute Gasteiger partial charge is 0.457 e. The molecule has 196 valence electrons. The molecule has 0 bridgehead atoms. The van der Waals surface area contributed by atoms with Gasteiger partial charge in [0.1, 0.15) is 22.9 Å². The van der Waals surface area contributed by atoms with Gasteiger partial charge >= 0.3 is 0 Å². The van der Waals surface area contributed by atoms with Crippen LogP contribution >= 0.6 is 22.9 Å². The highest BCUT2D eigenvalue weighted by molar-refractivity contribution is 7.20. The zero-order valence-corrected chi connectivity index (χ0v) is 22.6. The Morgan fingerprint density at radius 3 is 2.50 bits per heavy atom. The van der Waals surface area contributed by atoms with Crippen molar-refractivity contribution in [1.82, 2.24) is 14.5 Å². The maximum absolute atomic E-state index is 13.2. The van der Waals surface area contributed by atoms with E-state index < -0.39 is 0 Å². The molecule has 2 amide bonds. The standard InChI is InChI=1S/C28H27ClN4O4S/c1-17-4-3-13-32(14-17)23(34)15-33-16-30-27-24(28(33)36)18(2)25(38-27)26(35)31-20-7-11-22(12-8-20)37-21-9-5-19(29)6-10-21/h5-12,16-17H,3-4,13-15H2,1-2H3,(H,31,35)/t17-/m1/s1. The van der Waals surface area contributed by atoms with Crippen molar-refractivity contribution >= 4 is 50.7 Å². The number of likely N-dealkylation sites (tertiary alicyclic amines) is 1. The molecule has 1 N–H and O–H groups in total. The summed E-state index contributed by atoms with van der Waals surface area (Å²) >= 11 is 7.07. The van der Waals surface area contributed by atoms with E-state index in [4.69, 9.17) is 16.3 Å². The number of thiophene rings is 1. The summed E-state index contributed by atoms with van der Waals surface area (Å²) in [6, 6.07) is 14.0. The van der Waals surface area contributed by atoms with E-state index in [2.05, 4.69) is 17.2 Å². The number of nitrogens with one attached hydrogen (secondary N) is 1. The Morgan fingerprint density at radius 1 is 1.13 bits per heavy atom. The number of nitrogens with zero attached hydrogens (tertiary/aromatic N) is 3. The Bertz CT molecular complexity index is 1550. The van der Waals surface area contributed by atoms with E-state index in [-0.39, 0.29) is 23.9 Å². The van der Waals surface area contributed by atoms with Gasteiger partial charge in [-0.25, -0.2) is 4.98 Å². The van der Waals surface area contributed by atoms with Crippen LogP contribution in [0.3, 0.4) is 0 Å². The second-order valence-electron chi connectivity index (χ2n) is 9.54. The fraction of sp³-hybridized carbons (Fsp3) is 0.286. The van der Waals surface area contributed by atoms with Crippen molar-refractivity contribution < 1.29 is 14.3 Å². The molecule has 1 saturated heterocycles. The number of fused-ring (bicyclic) bond motifs is 1. The zero-order valence-electron chi connectivity index (χ0n) is 21.1. The van der Waals surface area contributed by atoms with Gasteiger partial charge < -0.3 is 15.0 Å². The van der Waals surface area contributed by atoms with Crippen molar-refractivity contribution in [3.63, 3.8) is 0 Å². The van der Waals surface area contributed by atoms with Gasteiger partial charge in [-0.05, 0) is 79.8 Å². The van der Waals surface area contributed by atoms with E-state index in [1.54, 1.807) is 55.5 Å². The van der Waals surface area contributed by atoms with Crippen molar-refractivity contribution in [3.8, 4) is 11.5 Å². The van der Waals surface area contributed by atoms with Crippen molar-refractivity contribution in [2.45, 2.75) is 33.2 Å². The normalized spacial score (nSPS) is 15.4. The van der Waals surface area contributed by atoms with Gasteiger partial charge in [0, 0.05) is 23.8 Å². The Balaban J connectivity index is 1.30. The number of hydrogen-bond acceptors (Lipinski definition) is 6. The quantitative estimate of drug-likeness (QED) is 0.331. The molecule has 1 aliphatic rings. The van der Waals surface area contributed by atoms with E-state index in [0.29, 0.717) is 61.9 Å². The molecule has 4 aromatic rings. The van der Waals surface area contributed by atoms with Crippen LogP contribution in [-0.4, -0.2) is 39.4 Å². The summed E-state index contributed by atoms with van der Waals surface area (Å²) < 4.78 is 7.13. The number of ether oxygens (including phenoxy) is 1. The van der Waals surface area contributed by atoms with E-state index in [9.17, 15) is 14.4 Å². The molecule has 0 unspecified atom stereocenters. The number of amides is 2. The van der Waals surface area contributed by atoms with Crippen LogP contribution in [0.1, 0.15) is 35.0 Å². The summed E-state index contributed by atoms with van der Waals surface area (Å²) in [6.07, 6.45) is 3.48. The number of hydrogen-bond donors (Lipinski definition) is 1. The number of rotatable bonds is 6. The molecule has 0 spiro atoms. The molecule has 0 radical (unpaired) electrons. The Hall–Kier alpha value is -3.69. The van der Waals surface area contributed by atoms with Gasteiger partial charge in [0.05, 0.1) is 16.6 Å². The first-order valence-corrected chi connectivity index (χ1v) is 13.6. The summed E-state index contributed by atoms with van der Waals surface area (Å²) in [6.45, 7) is 5.22. The molecule has 2 aromatic carbocycles. The van der Waals surface area contributed by atoms with Gasteiger partial charge in [-0.2, -0.15) is 0 Å². The average Bonchev–Trinajstić information content (AvgIpc) is 3.25. The lowest BCUT2D eigenvalue weighted by Gasteiger charge is -2.31. The monoisotopic (exact) mass is 550 g/mol. The van der Waals surface area contributed by atoms with Crippen molar-refractivity contribution in [1.29, 1.82) is 0 Å². The molecule has 1 atom stereocenters. The fourth-order valence-corrected chi connectivity index (χ4v) is 5.74. The first-order valence-electron chi connectivity index (χ1n) is 12.4. The van der Waals surface area contributed by atoms with Gasteiger partial charge in [-0.1, -0.05) is 18.5 Å². The predicted molar refractivity (Wildman–Crippen MR) is 150 cm³/mol. The lowest BCUT2D eigenvalue weighted by molar-refractivity contribution is -0.133. The number of carbonyl (C=O) groups excluding carboxylic acids is 2. The van der Waals surface area contributed by atoms with Gasteiger partial charge in [-0.3, -0.25) is 19.0 Å². The number of aromatic nitrogens is 2. The Morgan fingerprint density at radius 2 is 1.82 bits per heavy atom. The molecule has 3 heterocycles. The molecule has 8 nitrogen and oxygen atoms in total. The topological polar surface area (TPSA) is 93.5 Å². The lowest BCUT2D eigenvalue weighted by atomic mass is 10.0. The minimum Gasteiger partial charge on any atom is -0.457 e. The highest BCUT2D eigenvalue weighted by Gasteiger charge is 2.23. The summed E-state index contributed by atoms with van der Waals surface area (Å²) in [4.78, 5) is 46.2. The maximum atomic E-state index is 13.2. The van der Waals surface area contributed by atoms with Gasteiger partial charge in [0.15, 0.2) is 0 Å². The number of halogens is 1. The van der Waals surface area contributed by atoms with Crippen LogP contribution in [0.2, 0.25) is 5.02 Å². The van der Waals surface area contributed by atoms with E-state index in [1.807, 2.05) is 4.90 Å². The summed E-state index contributed by atoms with van der Waals surface area (Å²) in [5.74, 6) is 1.30. The van der Waals surface area contributed by atoms with Crippen LogP contribution in [-0.2, 0) is 11.3 Å². The molecule has 5 rings (SSSR count). The second-order valence-corrected chi connectivity index (χ2v) is 11.0. The lowest BCUT2D eigenvalue weighted by Crippen LogP contribution is -2.42. The van der Waals surface area contributed by atoms with Crippen molar-refractivity contribution in [2.75, 3.05) is 18.4 Å². The minimum absolute atomic E-state index is 0.0598. The SMILES string of the molecule is Cc1c(C(=O)Nc2ccc(Oc3ccc(Cl)cc3)cc2)sc2ncn(CC(=O)N3CCC[C@@H](C)C3)c(=O)c12. The Kier molecular flexibility index (Phi) is 7.49. The number of benzene rings is 2. The molecule has 0 saturated carbocycles. The molecular formula is C28H27ClN4O4S. The number of aryl methyl sites for hydroxylation is 1. The highest BCUT2D eigenvalue weighted by atomic mass is 35.5. The third-order valence-corrected chi connectivity index (χ3v) is 8.05. The summed E-state index contributed by atoms with van der Waals surface area (Å²) in [7, 11) is 0. The first-order chi connectivity index (χ1) is 18.3. The van der Waals surface area contributed by atoms with Crippen molar-refractivity contribution in [3.05, 3.63) is 80.7 Å². The third-order valence-electron chi connectivity index (χ3n) is 6.60. The van der Waals surface area contributed by atoms with Crippen LogP contribution in [0.15, 0.2) is 59.7 Å². The number of piperidine rings is 1. The molecule has 10 heteroatoms. The number of anilines is 1. The fourth-order valence-electron chi connectivity index (χ4n) is 4.58. The minimum atomic E-state index is -0.332. The van der Waals surface area contributed by atoms with E-state index >= 15 is 0 Å². The van der Waals surface area contributed by atoms with Crippen LogP contribution in [0.25, 0.3) is 10.2 Å². The summed E-state index contributed by atoms with van der Waals surface area (Å²) in [5.41, 5.74) is 0.822. The molecule has 2 aromatic heterocycles. The second kappa shape index (κ2) is 11.0. The average molecular weight is 551 g/mol. The smallest absolute Gasteiger partial charge is 0.266 e. The molecule has 1 aliphatic heterocycles. The van der Waals surface area contributed by atoms with Gasteiger partial charge in [0.25, 0.3) is 11.5 Å². The summed E-state index contributed by atoms with van der Waals surface area (Å²) in [5, 5.41) is 3.87. The van der Waals surface area contributed by atoms with E-state index in [0.717, 1.165) is 24.2 Å². The van der Waals surface area contributed by atoms with Gasteiger partial charge in [0.2, 0.25) is 5.91 Å². The third kappa shape index (κ3) is 5.58. The first kappa shape index (κ1) is 25.9. The van der Waals surface area contributed by atoms with Crippen LogP contribution in [0.5, 0.6) is 11.5 Å². The van der Waals surface area contributed by atoms with Crippen molar-refractivity contribution in [2.24, 2.45) is 5.92 Å². The van der Waals surface area contributed by atoms with E-state index in [1.165, 1.54) is 10.9 Å². The highest BCUT2D eigenvalue weighted by Crippen LogP contribution is 2.29. The maximum Gasteiger partial charge on any atom is 0.266 e.